The minimum absolute atomic E-state index is 0.00956. The number of methoxy groups -OCH3 is 1. The van der Waals surface area contributed by atoms with Gasteiger partial charge in [0.2, 0.25) is 5.91 Å². The van der Waals surface area contributed by atoms with Crippen molar-refractivity contribution >= 4 is 5.91 Å². The Morgan fingerprint density at radius 3 is 2.70 bits per heavy atom. The number of rotatable bonds is 6. The van der Waals surface area contributed by atoms with Crippen LogP contribution in [-0.2, 0) is 17.8 Å². The third kappa shape index (κ3) is 4.31. The Hall–Kier alpha value is -2.50. The number of carbonyl (C=O) groups excluding carboxylic acids is 1. The van der Waals surface area contributed by atoms with Crippen LogP contribution >= 0.6 is 0 Å². The van der Waals surface area contributed by atoms with E-state index in [4.69, 9.17) is 4.74 Å². The van der Waals surface area contributed by atoms with E-state index in [1.54, 1.807) is 24.8 Å². The fraction of sp³-hybridized carbons (Fsp3) is 0.286. The normalized spacial score (nSPS) is 10.1. The van der Waals surface area contributed by atoms with E-state index >= 15 is 0 Å². The van der Waals surface area contributed by atoms with E-state index in [0.29, 0.717) is 25.4 Å². The van der Waals surface area contributed by atoms with Crippen molar-refractivity contribution in [3.63, 3.8) is 0 Å². The fourth-order valence-corrected chi connectivity index (χ4v) is 1.63. The van der Waals surface area contributed by atoms with E-state index < -0.39 is 0 Å². The van der Waals surface area contributed by atoms with Crippen LogP contribution in [0, 0.1) is 0 Å². The van der Waals surface area contributed by atoms with Crippen LogP contribution in [-0.4, -0.2) is 28.0 Å². The zero-order valence-corrected chi connectivity index (χ0v) is 11.2. The molecule has 6 heteroatoms. The zero-order chi connectivity index (χ0) is 14.2. The molecule has 2 heterocycles. The number of ether oxygens (including phenoxy) is 1. The van der Waals surface area contributed by atoms with Gasteiger partial charge in [-0.15, -0.1) is 0 Å². The van der Waals surface area contributed by atoms with Gasteiger partial charge in [-0.2, -0.15) is 0 Å². The van der Waals surface area contributed by atoms with Gasteiger partial charge in [-0.25, -0.2) is 9.97 Å². The number of hydrogen-bond acceptors (Lipinski definition) is 5. The predicted octanol–water partition coefficient (Wildman–Crippen LogP) is 1.13. The van der Waals surface area contributed by atoms with Crippen LogP contribution in [0.1, 0.15) is 17.5 Å². The molecule has 0 saturated heterocycles. The maximum Gasteiger partial charge on any atom is 0.316 e. The largest absolute Gasteiger partial charge is 0.467 e. The highest BCUT2D eigenvalue weighted by Gasteiger charge is 2.03. The Balaban J connectivity index is 1.74. The molecule has 0 atom stereocenters. The van der Waals surface area contributed by atoms with Gasteiger partial charge in [0.1, 0.15) is 0 Å². The Bertz CT molecular complexity index is 543. The molecule has 1 amide bonds. The van der Waals surface area contributed by atoms with Crippen molar-refractivity contribution < 1.29 is 9.53 Å². The molecule has 0 aliphatic carbocycles. The molecule has 0 aromatic carbocycles. The highest BCUT2D eigenvalue weighted by molar-refractivity contribution is 5.76. The van der Waals surface area contributed by atoms with E-state index in [2.05, 4.69) is 20.3 Å². The molecule has 6 nitrogen and oxygen atoms in total. The van der Waals surface area contributed by atoms with Gasteiger partial charge < -0.3 is 10.1 Å². The molecule has 0 bridgehead atoms. The van der Waals surface area contributed by atoms with Gasteiger partial charge in [0.15, 0.2) is 0 Å². The zero-order valence-electron chi connectivity index (χ0n) is 11.2. The van der Waals surface area contributed by atoms with E-state index in [0.717, 1.165) is 11.1 Å². The van der Waals surface area contributed by atoms with Gasteiger partial charge in [-0.05, 0) is 23.6 Å². The average molecular weight is 272 g/mol. The molecule has 2 aromatic rings. The number of nitrogens with one attached hydrogen (secondary N) is 1. The Morgan fingerprint density at radius 1 is 1.25 bits per heavy atom. The third-order valence-electron chi connectivity index (χ3n) is 2.72. The van der Waals surface area contributed by atoms with Crippen molar-refractivity contribution in [1.29, 1.82) is 0 Å². The maximum absolute atomic E-state index is 11.7. The quantitative estimate of drug-likeness (QED) is 0.853. The second kappa shape index (κ2) is 7.18. The summed E-state index contributed by atoms with van der Waals surface area (Å²) in [5.41, 5.74) is 1.89. The monoisotopic (exact) mass is 272 g/mol. The lowest BCUT2D eigenvalue weighted by Crippen LogP contribution is -2.23. The minimum Gasteiger partial charge on any atom is -0.467 e. The van der Waals surface area contributed by atoms with E-state index in [9.17, 15) is 4.79 Å². The summed E-state index contributed by atoms with van der Waals surface area (Å²) in [6.07, 6.45) is 7.77. The molecule has 0 spiro atoms. The maximum atomic E-state index is 11.7. The Labute approximate surface area is 117 Å². The SMILES string of the molecule is COc1ncc(CCC(=O)NCc2cccnc2)cn1. The first-order chi connectivity index (χ1) is 9.78. The van der Waals surface area contributed by atoms with Gasteiger partial charge in [0.25, 0.3) is 0 Å². The number of aromatic nitrogens is 3. The molecular weight excluding hydrogens is 256 g/mol. The lowest BCUT2D eigenvalue weighted by molar-refractivity contribution is -0.121. The van der Waals surface area contributed by atoms with E-state index in [1.165, 1.54) is 7.11 Å². The van der Waals surface area contributed by atoms with Crippen LogP contribution in [0.25, 0.3) is 0 Å². The Morgan fingerprint density at radius 2 is 2.05 bits per heavy atom. The number of pyridine rings is 1. The molecule has 1 N–H and O–H groups in total. The number of carbonyl (C=O) groups is 1. The lowest BCUT2D eigenvalue weighted by atomic mass is 10.2. The van der Waals surface area contributed by atoms with Gasteiger partial charge in [-0.3, -0.25) is 9.78 Å². The molecule has 2 rings (SSSR count). The molecule has 0 radical (unpaired) electrons. The minimum atomic E-state index is -0.00956. The summed E-state index contributed by atoms with van der Waals surface area (Å²) >= 11 is 0. The molecule has 20 heavy (non-hydrogen) atoms. The number of amides is 1. The molecule has 0 aliphatic rings. The molecule has 0 aliphatic heterocycles. The molecular formula is C14H16N4O2. The Kier molecular flexibility index (Phi) is 5.00. The highest BCUT2D eigenvalue weighted by atomic mass is 16.5. The summed E-state index contributed by atoms with van der Waals surface area (Å²) in [6.45, 7) is 0.492. The highest BCUT2D eigenvalue weighted by Crippen LogP contribution is 2.04. The lowest BCUT2D eigenvalue weighted by Gasteiger charge is -2.05. The van der Waals surface area contributed by atoms with Crippen LogP contribution in [0.3, 0.4) is 0 Å². The van der Waals surface area contributed by atoms with Crippen LogP contribution in [0.2, 0.25) is 0 Å². The summed E-state index contributed by atoms with van der Waals surface area (Å²) in [7, 11) is 1.51. The van der Waals surface area contributed by atoms with E-state index in [1.807, 2.05) is 12.1 Å². The molecule has 104 valence electrons. The topological polar surface area (TPSA) is 77.0 Å². The van der Waals surface area contributed by atoms with Crippen molar-refractivity contribution in [1.82, 2.24) is 20.3 Å². The summed E-state index contributed by atoms with van der Waals surface area (Å²) in [6, 6.07) is 4.09. The first kappa shape index (κ1) is 13.9. The van der Waals surface area contributed by atoms with Crippen LogP contribution < -0.4 is 10.1 Å². The van der Waals surface area contributed by atoms with Gasteiger partial charge >= 0.3 is 6.01 Å². The second-order valence-electron chi connectivity index (χ2n) is 4.22. The van der Waals surface area contributed by atoms with Crippen molar-refractivity contribution in [2.45, 2.75) is 19.4 Å². The smallest absolute Gasteiger partial charge is 0.316 e. The average Bonchev–Trinajstić information content (AvgIpc) is 2.52. The fourth-order valence-electron chi connectivity index (χ4n) is 1.63. The summed E-state index contributed by atoms with van der Waals surface area (Å²) in [4.78, 5) is 23.7. The summed E-state index contributed by atoms with van der Waals surface area (Å²) in [5.74, 6) is -0.00956. The molecule has 0 fully saturated rings. The first-order valence-electron chi connectivity index (χ1n) is 6.28. The molecule has 0 saturated carbocycles. The van der Waals surface area contributed by atoms with Crippen molar-refractivity contribution in [2.24, 2.45) is 0 Å². The van der Waals surface area contributed by atoms with Crippen molar-refractivity contribution in [3.8, 4) is 6.01 Å². The third-order valence-corrected chi connectivity index (χ3v) is 2.72. The van der Waals surface area contributed by atoms with Crippen LogP contribution in [0.15, 0.2) is 36.9 Å². The standard InChI is InChI=1S/C14H16N4O2/c1-20-14-17-9-12(10-18-14)4-5-13(19)16-8-11-3-2-6-15-7-11/h2-3,6-7,9-10H,4-5,8H2,1H3,(H,16,19). The predicted molar refractivity (Wildman–Crippen MR) is 73.0 cm³/mol. The molecule has 0 unspecified atom stereocenters. The summed E-state index contributed by atoms with van der Waals surface area (Å²) < 4.78 is 4.87. The van der Waals surface area contributed by atoms with Crippen molar-refractivity contribution in [3.05, 3.63) is 48.0 Å². The van der Waals surface area contributed by atoms with Gasteiger partial charge in [0.05, 0.1) is 7.11 Å². The van der Waals surface area contributed by atoms with Crippen LogP contribution in [0.5, 0.6) is 6.01 Å². The number of aryl methyl sites for hydroxylation is 1. The van der Waals surface area contributed by atoms with E-state index in [-0.39, 0.29) is 5.91 Å². The van der Waals surface area contributed by atoms with Gasteiger partial charge in [-0.1, -0.05) is 6.07 Å². The number of hydrogen-bond donors (Lipinski definition) is 1. The van der Waals surface area contributed by atoms with Crippen molar-refractivity contribution in [2.75, 3.05) is 7.11 Å². The van der Waals surface area contributed by atoms with Gasteiger partial charge in [0, 0.05) is 37.8 Å². The first-order valence-corrected chi connectivity index (χ1v) is 6.28. The number of nitrogens with zero attached hydrogens (tertiary/aromatic N) is 3. The second-order valence-corrected chi connectivity index (χ2v) is 4.22. The summed E-state index contributed by atoms with van der Waals surface area (Å²) in [5, 5.41) is 2.85. The van der Waals surface area contributed by atoms with Crippen LogP contribution in [0.4, 0.5) is 0 Å². The molecule has 2 aromatic heterocycles.